The molecule has 1 saturated heterocycles. The van der Waals surface area contributed by atoms with Gasteiger partial charge in [0.05, 0.1) is 28.0 Å². The number of aromatic nitrogens is 3. The van der Waals surface area contributed by atoms with Gasteiger partial charge in [-0.25, -0.2) is 18.6 Å². The van der Waals surface area contributed by atoms with Gasteiger partial charge in [-0.2, -0.15) is 0 Å². The number of carboxylic acid groups (broad SMARTS) is 1. The Kier molecular flexibility index (Phi) is 9.03. The lowest BCUT2D eigenvalue weighted by Gasteiger charge is -2.41. The zero-order chi connectivity index (χ0) is 36.3. The monoisotopic (exact) mass is 746 g/mol. The van der Waals surface area contributed by atoms with Crippen molar-refractivity contribution in [1.29, 1.82) is 0 Å². The number of hydrogen-bond donors (Lipinski definition) is 1. The molecule has 4 heterocycles. The van der Waals surface area contributed by atoms with Crippen molar-refractivity contribution in [3.63, 3.8) is 0 Å². The number of ether oxygens (including phenoxy) is 2. The summed E-state index contributed by atoms with van der Waals surface area (Å²) in [5.41, 5.74) is 4.35. The number of benzene rings is 2. The average molecular weight is 747 g/mol. The number of aryl methyl sites for hydroxylation is 2. The lowest BCUT2D eigenvalue weighted by Crippen LogP contribution is -2.50. The number of carbonyl (C=O) groups is 1. The van der Waals surface area contributed by atoms with Gasteiger partial charge in [0.1, 0.15) is 30.1 Å². The van der Waals surface area contributed by atoms with Crippen LogP contribution in [0.1, 0.15) is 65.2 Å². The number of hydrogen-bond acceptors (Lipinski definition) is 8. The second-order valence-corrected chi connectivity index (χ2v) is 15.5. The lowest BCUT2D eigenvalue weighted by molar-refractivity contribution is 0.0638. The van der Waals surface area contributed by atoms with Gasteiger partial charge in [-0.05, 0) is 88.8 Å². The van der Waals surface area contributed by atoms with E-state index in [0.29, 0.717) is 59.2 Å². The van der Waals surface area contributed by atoms with Crippen LogP contribution in [0.5, 0.6) is 11.5 Å². The molecular weight excluding hydrogens is 710 g/mol. The summed E-state index contributed by atoms with van der Waals surface area (Å²) in [7, 11) is 0. The fourth-order valence-electron chi connectivity index (χ4n) is 7.98. The first-order valence-corrected chi connectivity index (χ1v) is 18.8. The summed E-state index contributed by atoms with van der Waals surface area (Å²) in [4.78, 5) is 38.0. The molecule has 1 aliphatic heterocycles. The van der Waals surface area contributed by atoms with Crippen LogP contribution in [0.15, 0.2) is 52.6 Å². The van der Waals surface area contributed by atoms with Gasteiger partial charge in [-0.3, -0.25) is 19.2 Å². The van der Waals surface area contributed by atoms with Crippen LogP contribution >= 0.6 is 22.9 Å². The lowest BCUT2D eigenvalue weighted by atomic mass is 9.80. The summed E-state index contributed by atoms with van der Waals surface area (Å²) in [5.74, 6) is -1.07. The Balaban J connectivity index is 0.991. The zero-order valence-corrected chi connectivity index (χ0v) is 30.3. The van der Waals surface area contributed by atoms with Crippen molar-refractivity contribution < 1.29 is 28.2 Å². The van der Waals surface area contributed by atoms with Crippen molar-refractivity contribution in [1.82, 2.24) is 19.4 Å². The van der Waals surface area contributed by atoms with Gasteiger partial charge in [0.2, 0.25) is 0 Å². The van der Waals surface area contributed by atoms with E-state index in [1.807, 2.05) is 19.9 Å². The Bertz CT molecular complexity index is 2280. The minimum Gasteiger partial charge on any atom is -0.491 e. The SMILES string of the molecule is Cc1cc(-c2cc(Cl)ccc2OCCn2c(C)nc3c(c2=O)C[C@H](N2CCC(Oc4ccc(F)cc4F)CC2)CC32CC2)c2scc(C(=O)O)c2n1. The minimum atomic E-state index is -1.04. The number of nitrogens with zero attached hydrogens (tertiary/aromatic N) is 4. The number of piperidine rings is 1. The van der Waals surface area contributed by atoms with Crippen molar-refractivity contribution in [2.75, 3.05) is 19.7 Å². The van der Waals surface area contributed by atoms with Crippen LogP contribution in [-0.4, -0.2) is 62.4 Å². The molecule has 0 unspecified atom stereocenters. The first-order chi connectivity index (χ1) is 25.0. The molecule has 2 aromatic carbocycles. The number of aromatic carboxylic acids is 1. The molecule has 2 fully saturated rings. The Hall–Kier alpha value is -4.39. The van der Waals surface area contributed by atoms with E-state index < -0.39 is 17.6 Å². The number of rotatable bonds is 9. The summed E-state index contributed by atoms with van der Waals surface area (Å²) in [6, 6.07) is 10.8. The highest BCUT2D eigenvalue weighted by molar-refractivity contribution is 7.18. The molecule has 1 spiro atoms. The highest BCUT2D eigenvalue weighted by atomic mass is 35.5. The van der Waals surface area contributed by atoms with Crippen LogP contribution in [-0.2, 0) is 18.4 Å². The number of halogens is 3. The summed E-state index contributed by atoms with van der Waals surface area (Å²) in [5, 5.41) is 11.8. The molecule has 5 aromatic rings. The van der Waals surface area contributed by atoms with Crippen LogP contribution in [0.25, 0.3) is 21.3 Å². The van der Waals surface area contributed by atoms with E-state index in [9.17, 15) is 23.5 Å². The van der Waals surface area contributed by atoms with Crippen LogP contribution in [0.3, 0.4) is 0 Å². The summed E-state index contributed by atoms with van der Waals surface area (Å²) in [6.07, 6.45) is 4.86. The molecule has 1 N–H and O–H groups in total. The molecule has 0 radical (unpaired) electrons. The van der Waals surface area contributed by atoms with Crippen molar-refractivity contribution in [3.8, 4) is 22.6 Å². The Morgan fingerprint density at radius 3 is 2.56 bits per heavy atom. The van der Waals surface area contributed by atoms with Crippen molar-refractivity contribution in [2.24, 2.45) is 0 Å². The highest BCUT2D eigenvalue weighted by Gasteiger charge is 2.53. The van der Waals surface area contributed by atoms with Crippen molar-refractivity contribution in [3.05, 3.63) is 103 Å². The van der Waals surface area contributed by atoms with Gasteiger partial charge in [-0.1, -0.05) is 11.6 Å². The average Bonchev–Trinajstić information content (AvgIpc) is 3.75. The second kappa shape index (κ2) is 13.5. The van der Waals surface area contributed by atoms with Crippen LogP contribution in [0.4, 0.5) is 8.78 Å². The maximum Gasteiger partial charge on any atom is 0.338 e. The van der Waals surface area contributed by atoms with Crippen LogP contribution in [0, 0.1) is 25.5 Å². The van der Waals surface area contributed by atoms with Crippen LogP contribution in [0.2, 0.25) is 5.02 Å². The van der Waals surface area contributed by atoms with Crippen molar-refractivity contribution >= 4 is 39.1 Å². The Morgan fingerprint density at radius 1 is 1.06 bits per heavy atom. The van der Waals surface area contributed by atoms with Gasteiger partial charge < -0.3 is 14.6 Å². The molecule has 13 heteroatoms. The van der Waals surface area contributed by atoms with Gasteiger partial charge >= 0.3 is 5.97 Å². The first kappa shape index (κ1) is 34.7. The molecule has 3 aliphatic rings. The third-order valence-corrected chi connectivity index (χ3v) is 12.0. The largest absolute Gasteiger partial charge is 0.491 e. The van der Waals surface area contributed by atoms with E-state index in [1.54, 1.807) is 28.1 Å². The summed E-state index contributed by atoms with van der Waals surface area (Å²) >= 11 is 7.76. The number of pyridine rings is 1. The topological polar surface area (TPSA) is 107 Å². The number of likely N-dealkylation sites (tertiary alicyclic amines) is 1. The molecule has 9 nitrogen and oxygen atoms in total. The molecule has 0 bridgehead atoms. The molecule has 3 aromatic heterocycles. The van der Waals surface area contributed by atoms with E-state index in [-0.39, 0.29) is 41.0 Å². The van der Waals surface area contributed by atoms with E-state index >= 15 is 0 Å². The van der Waals surface area contributed by atoms with Crippen LogP contribution < -0.4 is 15.0 Å². The van der Waals surface area contributed by atoms with E-state index in [4.69, 9.17) is 26.1 Å². The molecule has 270 valence electrons. The van der Waals surface area contributed by atoms with E-state index in [2.05, 4.69) is 9.88 Å². The third-order valence-electron chi connectivity index (χ3n) is 10.7. The summed E-state index contributed by atoms with van der Waals surface area (Å²) < 4.78 is 42.3. The minimum absolute atomic E-state index is 0.0327. The normalized spacial score (nSPS) is 18.4. The smallest absolute Gasteiger partial charge is 0.338 e. The number of fused-ring (bicyclic) bond motifs is 3. The quantitative estimate of drug-likeness (QED) is 0.163. The third kappa shape index (κ3) is 6.45. The molecule has 1 saturated carbocycles. The first-order valence-electron chi connectivity index (χ1n) is 17.5. The van der Waals surface area contributed by atoms with Gasteiger partial charge in [0.25, 0.3) is 5.56 Å². The summed E-state index contributed by atoms with van der Waals surface area (Å²) in [6.45, 7) is 5.71. The molecule has 0 amide bonds. The molecular formula is C39H37ClF2N4O5S. The zero-order valence-electron chi connectivity index (χ0n) is 28.8. The van der Waals surface area contributed by atoms with E-state index in [1.165, 1.54) is 23.5 Å². The second-order valence-electron chi connectivity index (χ2n) is 14.1. The van der Waals surface area contributed by atoms with Gasteiger partial charge in [0.15, 0.2) is 11.6 Å². The molecule has 2 aliphatic carbocycles. The predicted molar refractivity (Wildman–Crippen MR) is 195 cm³/mol. The Labute approximate surface area is 307 Å². The standard InChI is InChI=1S/C39H37ClF2N4O5S/c1-21-15-28(35-34(43-21)30(20-52-35)38(48)49)27-16-23(40)3-5-32(27)50-14-13-46-22(2)44-36-29(37(46)47)18-25(19-39(36)9-10-39)45-11-7-26(8-12-45)51-33-6-4-24(41)17-31(33)42/h3-6,15-17,20,25-26H,7-14,18-19H2,1-2H3,(H,48,49)/t25-/m0/s1. The Morgan fingerprint density at radius 2 is 1.83 bits per heavy atom. The fourth-order valence-corrected chi connectivity index (χ4v) is 9.16. The van der Waals surface area contributed by atoms with E-state index in [0.717, 1.165) is 59.9 Å². The predicted octanol–water partition coefficient (Wildman–Crippen LogP) is 7.74. The number of carboxylic acids is 1. The number of thiophene rings is 1. The molecule has 1 atom stereocenters. The van der Waals surface area contributed by atoms with Gasteiger partial charge in [-0.15, -0.1) is 11.3 Å². The fraction of sp³-hybridized carbons (Fsp3) is 0.385. The molecule has 8 rings (SSSR count). The highest BCUT2D eigenvalue weighted by Crippen LogP contribution is 2.55. The molecule has 52 heavy (non-hydrogen) atoms. The maximum atomic E-state index is 14.2. The van der Waals surface area contributed by atoms with Gasteiger partial charge in [0, 0.05) is 63.4 Å². The maximum absolute atomic E-state index is 14.2. The van der Waals surface area contributed by atoms with Crippen molar-refractivity contribution in [2.45, 2.75) is 76.5 Å².